The van der Waals surface area contributed by atoms with E-state index in [2.05, 4.69) is 65.6 Å². The lowest BCUT2D eigenvalue weighted by atomic mass is 9.77. The van der Waals surface area contributed by atoms with Gasteiger partial charge in [0.25, 0.3) is 0 Å². The number of carbonyl (C=O) groups excluding carboxylic acids is 2. The summed E-state index contributed by atoms with van der Waals surface area (Å²) in [6, 6.07) is 0. The molecule has 7 heteroatoms. The van der Waals surface area contributed by atoms with Crippen molar-refractivity contribution in [3.63, 3.8) is 0 Å². The monoisotopic (exact) mass is 458 g/mol. The molecule has 0 aromatic heterocycles. The zero-order chi connectivity index (χ0) is 24.8. The molecule has 32 heavy (non-hydrogen) atoms. The predicted octanol–water partition coefficient (Wildman–Crippen LogP) is 3.64. The van der Waals surface area contributed by atoms with Crippen molar-refractivity contribution in [3.8, 4) is 0 Å². The first-order valence-electron chi connectivity index (χ1n) is 12.0. The third-order valence-electron chi connectivity index (χ3n) is 4.91. The second-order valence-electron chi connectivity index (χ2n) is 11.9. The number of rotatable bonds is 16. The Morgan fingerprint density at radius 1 is 0.812 bits per heavy atom. The lowest BCUT2D eigenvalue weighted by molar-refractivity contribution is -0.147. The molecule has 0 radical (unpaired) electrons. The summed E-state index contributed by atoms with van der Waals surface area (Å²) < 4.78 is 10.9. The van der Waals surface area contributed by atoms with Gasteiger partial charge in [0.1, 0.15) is 0 Å². The molecule has 0 aliphatic rings. The van der Waals surface area contributed by atoms with Gasteiger partial charge in [-0.25, -0.2) is 0 Å². The van der Waals surface area contributed by atoms with Crippen LogP contribution in [0.2, 0.25) is 0 Å². The summed E-state index contributed by atoms with van der Waals surface area (Å²) in [4.78, 5) is 26.5. The van der Waals surface area contributed by atoms with E-state index in [9.17, 15) is 9.59 Å². The first-order valence-corrected chi connectivity index (χ1v) is 12.0. The second-order valence-corrected chi connectivity index (χ2v) is 11.9. The summed E-state index contributed by atoms with van der Waals surface area (Å²) in [6.45, 7) is 21.0. The number of ether oxygens (including phenoxy) is 2. The fraction of sp³-hybridized carbons (Fsp3) is 0.920. The van der Waals surface area contributed by atoms with E-state index < -0.39 is 0 Å². The number of nitrogens with zero attached hydrogens (tertiary/aromatic N) is 1. The van der Waals surface area contributed by atoms with Crippen LogP contribution < -0.4 is 5.32 Å². The fourth-order valence-corrected chi connectivity index (χ4v) is 3.65. The minimum atomic E-state index is -0.215. The average molecular weight is 459 g/mol. The molecule has 7 nitrogen and oxygen atoms in total. The van der Waals surface area contributed by atoms with Gasteiger partial charge in [-0.15, -0.1) is 0 Å². The van der Waals surface area contributed by atoms with E-state index in [1.54, 1.807) is 0 Å². The van der Waals surface area contributed by atoms with Crippen molar-refractivity contribution >= 4 is 11.9 Å². The Balaban J connectivity index is 4.48. The molecule has 0 aliphatic heterocycles. The van der Waals surface area contributed by atoms with E-state index >= 15 is 0 Å². The molecule has 190 valence electrons. The van der Waals surface area contributed by atoms with E-state index in [-0.39, 0.29) is 47.6 Å². The fourth-order valence-electron chi connectivity index (χ4n) is 3.65. The van der Waals surface area contributed by atoms with Gasteiger partial charge in [0.05, 0.1) is 32.7 Å². The van der Waals surface area contributed by atoms with Gasteiger partial charge in [-0.05, 0) is 29.1 Å². The Bertz CT molecular complexity index is 535. The lowest BCUT2D eigenvalue weighted by Crippen LogP contribution is -2.36. The van der Waals surface area contributed by atoms with Crippen LogP contribution in [-0.2, 0) is 19.1 Å². The number of aliphatic hydroxyl groups is 1. The topological polar surface area (TPSA) is 88.1 Å². The molecule has 0 unspecified atom stereocenters. The Labute approximate surface area is 196 Å². The van der Waals surface area contributed by atoms with E-state index in [4.69, 9.17) is 14.6 Å². The minimum Gasteiger partial charge on any atom is -0.466 e. The number of carbonyl (C=O) groups is 2. The van der Waals surface area contributed by atoms with Gasteiger partial charge in [0.2, 0.25) is 0 Å². The van der Waals surface area contributed by atoms with Crippen LogP contribution >= 0.6 is 0 Å². The van der Waals surface area contributed by atoms with Gasteiger partial charge in [0, 0.05) is 32.7 Å². The van der Waals surface area contributed by atoms with Crippen molar-refractivity contribution in [1.82, 2.24) is 10.2 Å². The van der Waals surface area contributed by atoms with E-state index in [1.165, 1.54) is 0 Å². The van der Waals surface area contributed by atoms with Crippen LogP contribution in [0.5, 0.6) is 0 Å². The summed E-state index contributed by atoms with van der Waals surface area (Å²) in [7, 11) is 0. The van der Waals surface area contributed by atoms with Gasteiger partial charge in [0.15, 0.2) is 0 Å². The molecule has 0 bridgehead atoms. The van der Waals surface area contributed by atoms with Crippen molar-refractivity contribution in [2.45, 2.75) is 81.1 Å². The molecular formula is C25H50N2O5. The summed E-state index contributed by atoms with van der Waals surface area (Å²) in [5, 5.41) is 12.1. The van der Waals surface area contributed by atoms with E-state index in [1.807, 2.05) is 0 Å². The van der Waals surface area contributed by atoms with Gasteiger partial charge in [-0.1, -0.05) is 55.4 Å². The molecule has 0 fully saturated rings. The summed E-state index contributed by atoms with van der Waals surface area (Å²) >= 11 is 0. The molecule has 0 aromatic rings. The highest BCUT2D eigenvalue weighted by Crippen LogP contribution is 2.33. The van der Waals surface area contributed by atoms with Crippen molar-refractivity contribution < 1.29 is 24.2 Å². The lowest BCUT2D eigenvalue weighted by Gasteiger charge is -2.32. The molecule has 0 spiro atoms. The maximum absolute atomic E-state index is 12.3. The van der Waals surface area contributed by atoms with Gasteiger partial charge in [-0.3, -0.25) is 9.59 Å². The molecule has 0 rings (SSSR count). The van der Waals surface area contributed by atoms with Crippen molar-refractivity contribution in [2.75, 3.05) is 52.5 Å². The Morgan fingerprint density at radius 3 is 1.88 bits per heavy atom. The quantitative estimate of drug-likeness (QED) is 0.270. The standard InChI is InChI=1S/C25H50N2O5/c1-23(2,3)11-18-31-21(29)9-14-27(16-12-26-13-17-28)15-10-22(30)32-20-25(7,8)19-24(4,5)6/h26,28H,9-20H2,1-8H3. The summed E-state index contributed by atoms with van der Waals surface area (Å²) in [6.07, 6.45) is 2.36. The van der Waals surface area contributed by atoms with Crippen LogP contribution in [0.3, 0.4) is 0 Å². The predicted molar refractivity (Wildman–Crippen MR) is 129 cm³/mol. The molecule has 0 atom stereocenters. The van der Waals surface area contributed by atoms with Crippen molar-refractivity contribution in [1.29, 1.82) is 0 Å². The summed E-state index contributed by atoms with van der Waals surface area (Å²) in [5.74, 6) is -0.429. The van der Waals surface area contributed by atoms with Crippen LogP contribution in [0, 0.1) is 16.2 Å². The normalized spacial score (nSPS) is 12.8. The second kappa shape index (κ2) is 14.9. The Morgan fingerprint density at radius 2 is 1.38 bits per heavy atom. The van der Waals surface area contributed by atoms with Crippen LogP contribution in [0.25, 0.3) is 0 Å². The Hall–Kier alpha value is -1.18. The van der Waals surface area contributed by atoms with Gasteiger partial charge < -0.3 is 24.8 Å². The van der Waals surface area contributed by atoms with Crippen molar-refractivity contribution in [3.05, 3.63) is 0 Å². The number of hydrogen-bond donors (Lipinski definition) is 2. The number of nitrogens with one attached hydrogen (secondary N) is 1. The maximum atomic E-state index is 12.3. The molecule has 0 saturated carbocycles. The van der Waals surface area contributed by atoms with Gasteiger partial charge in [-0.2, -0.15) is 0 Å². The highest BCUT2D eigenvalue weighted by molar-refractivity contribution is 5.70. The smallest absolute Gasteiger partial charge is 0.307 e. The van der Waals surface area contributed by atoms with Crippen LogP contribution in [0.1, 0.15) is 81.1 Å². The largest absolute Gasteiger partial charge is 0.466 e. The average Bonchev–Trinajstić information content (AvgIpc) is 2.62. The third-order valence-corrected chi connectivity index (χ3v) is 4.91. The van der Waals surface area contributed by atoms with Gasteiger partial charge >= 0.3 is 11.9 Å². The Kier molecular flexibility index (Phi) is 14.3. The molecule has 0 heterocycles. The SMILES string of the molecule is CC(C)(C)CCOC(=O)CCN(CCNCCO)CCC(=O)OCC(C)(C)CC(C)(C)C. The highest BCUT2D eigenvalue weighted by Gasteiger charge is 2.27. The summed E-state index contributed by atoms with van der Waals surface area (Å²) in [5.41, 5.74) is 0.237. The zero-order valence-electron chi connectivity index (χ0n) is 22.0. The molecular weight excluding hydrogens is 408 g/mol. The van der Waals surface area contributed by atoms with E-state index in [0.29, 0.717) is 45.9 Å². The van der Waals surface area contributed by atoms with E-state index in [0.717, 1.165) is 12.8 Å². The van der Waals surface area contributed by atoms with Crippen molar-refractivity contribution in [2.24, 2.45) is 16.2 Å². The first kappa shape index (κ1) is 30.8. The van der Waals surface area contributed by atoms with Crippen LogP contribution in [0.15, 0.2) is 0 Å². The number of hydrogen-bond acceptors (Lipinski definition) is 7. The number of aliphatic hydroxyl groups excluding tert-OH is 1. The first-order chi connectivity index (χ1) is 14.6. The molecule has 0 saturated heterocycles. The molecule has 2 N–H and O–H groups in total. The van der Waals surface area contributed by atoms with Crippen LogP contribution in [-0.4, -0.2) is 74.5 Å². The molecule has 0 aliphatic carbocycles. The minimum absolute atomic E-state index is 0.0708. The molecule has 0 aromatic carbocycles. The molecule has 0 amide bonds. The zero-order valence-corrected chi connectivity index (χ0v) is 22.0. The maximum Gasteiger partial charge on any atom is 0.307 e. The highest BCUT2D eigenvalue weighted by atomic mass is 16.5. The number of esters is 2. The third kappa shape index (κ3) is 19.5. The van der Waals surface area contributed by atoms with Crippen LogP contribution in [0.4, 0.5) is 0 Å².